The van der Waals surface area contributed by atoms with E-state index in [9.17, 15) is 20.0 Å². The number of rotatable bonds is 6. The number of nitro groups is 1. The minimum atomic E-state index is -0.674. The first-order valence-corrected chi connectivity index (χ1v) is 9.17. The lowest BCUT2D eigenvalue weighted by atomic mass is 9.71. The molecule has 3 rings (SSSR count). The number of aliphatic hydroxyl groups excluding tert-OH is 1. The van der Waals surface area contributed by atoms with Crippen LogP contribution in [0.25, 0.3) is 0 Å². The molecule has 0 fully saturated rings. The highest BCUT2D eigenvalue weighted by Gasteiger charge is 2.37. The van der Waals surface area contributed by atoms with Gasteiger partial charge in [0.15, 0.2) is 5.75 Å². The predicted octanol–water partition coefficient (Wildman–Crippen LogP) is 3.68. The van der Waals surface area contributed by atoms with E-state index in [-0.39, 0.29) is 30.2 Å². The van der Waals surface area contributed by atoms with E-state index in [1.54, 1.807) is 6.07 Å². The van der Waals surface area contributed by atoms with Gasteiger partial charge >= 0.3 is 11.7 Å². The summed E-state index contributed by atoms with van der Waals surface area (Å²) in [6, 6.07) is 9.44. The molecule has 148 valence electrons. The SMILES string of the molecule is COC(=O)c1ccc(OC[C@@]2(CO)CCCc3cc(Cl)ccc32)c([N+](=O)[O-])c1. The average molecular weight is 406 g/mol. The van der Waals surface area contributed by atoms with Gasteiger partial charge in [0.05, 0.1) is 29.6 Å². The van der Waals surface area contributed by atoms with Gasteiger partial charge in [-0.2, -0.15) is 0 Å². The van der Waals surface area contributed by atoms with Gasteiger partial charge in [-0.05, 0) is 54.7 Å². The van der Waals surface area contributed by atoms with E-state index < -0.39 is 16.3 Å². The Kier molecular flexibility index (Phi) is 5.86. The minimum Gasteiger partial charge on any atom is -0.486 e. The Morgan fingerprint density at radius 1 is 1.32 bits per heavy atom. The van der Waals surface area contributed by atoms with Gasteiger partial charge in [-0.25, -0.2) is 4.79 Å². The molecule has 28 heavy (non-hydrogen) atoms. The van der Waals surface area contributed by atoms with E-state index in [1.807, 2.05) is 12.1 Å². The van der Waals surface area contributed by atoms with Gasteiger partial charge in [0, 0.05) is 11.1 Å². The number of methoxy groups -OCH3 is 1. The van der Waals surface area contributed by atoms with Crippen LogP contribution in [0.1, 0.15) is 34.3 Å². The zero-order valence-corrected chi connectivity index (χ0v) is 16.1. The van der Waals surface area contributed by atoms with Crippen LogP contribution < -0.4 is 4.74 Å². The number of nitro benzene ring substituents is 1. The van der Waals surface area contributed by atoms with Crippen molar-refractivity contribution in [2.45, 2.75) is 24.7 Å². The number of aryl methyl sites for hydroxylation is 1. The smallest absolute Gasteiger partial charge is 0.338 e. The van der Waals surface area contributed by atoms with Crippen molar-refractivity contribution in [2.24, 2.45) is 0 Å². The van der Waals surface area contributed by atoms with Crippen LogP contribution in [0, 0.1) is 10.1 Å². The Labute approximate surface area is 167 Å². The van der Waals surface area contributed by atoms with Crippen molar-refractivity contribution in [3.05, 3.63) is 68.2 Å². The number of carbonyl (C=O) groups is 1. The largest absolute Gasteiger partial charge is 0.486 e. The fourth-order valence-corrected chi connectivity index (χ4v) is 3.84. The topological polar surface area (TPSA) is 98.9 Å². The van der Waals surface area contributed by atoms with Gasteiger partial charge in [0.25, 0.3) is 0 Å². The number of hydrogen-bond donors (Lipinski definition) is 1. The molecule has 1 aliphatic rings. The Bertz CT molecular complexity index is 916. The number of nitrogens with zero attached hydrogens (tertiary/aromatic N) is 1. The van der Waals surface area contributed by atoms with Crippen molar-refractivity contribution in [2.75, 3.05) is 20.3 Å². The standard InChI is InChI=1S/C20H20ClNO6/c1-27-19(24)14-4-7-18(17(10-14)22(25)26)28-12-20(11-23)8-2-3-13-9-15(21)5-6-16(13)20/h4-7,9-10,23H,2-3,8,11-12H2,1H3/t20-/m0/s1. The van der Waals surface area contributed by atoms with E-state index in [0.717, 1.165) is 30.0 Å². The maximum absolute atomic E-state index is 11.6. The summed E-state index contributed by atoms with van der Waals surface area (Å²) in [6.45, 7) is -0.0911. The van der Waals surface area contributed by atoms with E-state index in [2.05, 4.69) is 4.74 Å². The first-order chi connectivity index (χ1) is 13.4. The van der Waals surface area contributed by atoms with Gasteiger partial charge in [0.1, 0.15) is 6.61 Å². The number of hydrogen-bond acceptors (Lipinski definition) is 6. The molecule has 2 aromatic rings. The summed E-state index contributed by atoms with van der Waals surface area (Å²) in [5.74, 6) is -0.633. The lowest BCUT2D eigenvalue weighted by molar-refractivity contribution is -0.386. The lowest BCUT2D eigenvalue weighted by Crippen LogP contribution is -2.40. The highest BCUT2D eigenvalue weighted by Crippen LogP contribution is 2.39. The number of aliphatic hydroxyl groups is 1. The van der Waals surface area contributed by atoms with Crippen molar-refractivity contribution in [3.8, 4) is 5.75 Å². The third-order valence-electron chi connectivity index (χ3n) is 5.12. The lowest BCUT2D eigenvalue weighted by Gasteiger charge is -2.37. The third kappa shape index (κ3) is 3.81. The maximum atomic E-state index is 11.6. The molecule has 0 unspecified atom stereocenters. The molecule has 0 radical (unpaired) electrons. The van der Waals surface area contributed by atoms with Crippen molar-refractivity contribution in [3.63, 3.8) is 0 Å². The first kappa shape index (κ1) is 20.1. The molecule has 8 heteroatoms. The Morgan fingerprint density at radius 2 is 2.11 bits per heavy atom. The van der Waals surface area contributed by atoms with Gasteiger partial charge in [-0.3, -0.25) is 10.1 Å². The van der Waals surface area contributed by atoms with Gasteiger partial charge in [-0.15, -0.1) is 0 Å². The predicted molar refractivity (Wildman–Crippen MR) is 103 cm³/mol. The summed E-state index contributed by atoms with van der Waals surface area (Å²) in [5, 5.41) is 22.2. The fraction of sp³-hybridized carbons (Fsp3) is 0.350. The minimum absolute atomic E-state index is 0.0339. The molecule has 2 aromatic carbocycles. The Balaban J connectivity index is 1.91. The monoisotopic (exact) mass is 405 g/mol. The molecule has 0 aromatic heterocycles. The summed E-state index contributed by atoms with van der Waals surface area (Å²) in [6.07, 6.45) is 2.39. The number of halogens is 1. The van der Waals surface area contributed by atoms with Crippen LogP contribution in [-0.2, 0) is 16.6 Å². The van der Waals surface area contributed by atoms with Crippen molar-refractivity contribution >= 4 is 23.3 Å². The van der Waals surface area contributed by atoms with Crippen molar-refractivity contribution in [1.82, 2.24) is 0 Å². The average Bonchev–Trinajstić information content (AvgIpc) is 2.71. The molecule has 0 saturated heterocycles. The second kappa shape index (κ2) is 8.16. The van der Waals surface area contributed by atoms with Crippen LogP contribution in [0.3, 0.4) is 0 Å². The number of benzene rings is 2. The van der Waals surface area contributed by atoms with Crippen LogP contribution in [0.2, 0.25) is 5.02 Å². The zero-order valence-electron chi connectivity index (χ0n) is 15.3. The quantitative estimate of drug-likeness (QED) is 0.447. The number of esters is 1. The molecule has 0 aliphatic heterocycles. The highest BCUT2D eigenvalue weighted by atomic mass is 35.5. The van der Waals surface area contributed by atoms with Gasteiger partial charge in [-0.1, -0.05) is 17.7 Å². The summed E-state index contributed by atoms with van der Waals surface area (Å²) < 4.78 is 10.4. The molecule has 1 atom stereocenters. The second-order valence-corrected chi connectivity index (χ2v) is 7.25. The Morgan fingerprint density at radius 3 is 2.79 bits per heavy atom. The van der Waals surface area contributed by atoms with Gasteiger partial charge in [0.2, 0.25) is 0 Å². The molecule has 0 heterocycles. The fourth-order valence-electron chi connectivity index (χ4n) is 3.64. The molecule has 0 saturated carbocycles. The van der Waals surface area contributed by atoms with Crippen molar-refractivity contribution < 1.29 is 24.3 Å². The molecule has 1 N–H and O–H groups in total. The zero-order chi connectivity index (χ0) is 20.3. The molecule has 1 aliphatic carbocycles. The van der Waals surface area contributed by atoms with Crippen LogP contribution >= 0.6 is 11.6 Å². The summed E-state index contributed by atoms with van der Waals surface area (Å²) in [5.41, 5.74) is 1.05. The Hall–Kier alpha value is -2.64. The molecular formula is C20H20ClNO6. The van der Waals surface area contributed by atoms with E-state index in [4.69, 9.17) is 16.3 Å². The van der Waals surface area contributed by atoms with E-state index >= 15 is 0 Å². The normalized spacial score (nSPS) is 18.2. The molecule has 0 bridgehead atoms. The first-order valence-electron chi connectivity index (χ1n) is 8.79. The summed E-state index contributed by atoms with van der Waals surface area (Å²) in [7, 11) is 1.20. The summed E-state index contributed by atoms with van der Waals surface area (Å²) in [4.78, 5) is 22.5. The molecular weight excluding hydrogens is 386 g/mol. The van der Waals surface area contributed by atoms with E-state index in [0.29, 0.717) is 11.4 Å². The van der Waals surface area contributed by atoms with Crippen LogP contribution in [0.4, 0.5) is 5.69 Å². The maximum Gasteiger partial charge on any atom is 0.338 e. The van der Waals surface area contributed by atoms with Crippen molar-refractivity contribution in [1.29, 1.82) is 0 Å². The molecule has 7 nitrogen and oxygen atoms in total. The third-order valence-corrected chi connectivity index (χ3v) is 5.36. The second-order valence-electron chi connectivity index (χ2n) is 6.81. The van der Waals surface area contributed by atoms with Gasteiger partial charge < -0.3 is 14.6 Å². The summed E-state index contributed by atoms with van der Waals surface area (Å²) >= 11 is 6.09. The number of fused-ring (bicyclic) bond motifs is 1. The highest BCUT2D eigenvalue weighted by molar-refractivity contribution is 6.30. The number of carbonyl (C=O) groups excluding carboxylic acids is 1. The number of ether oxygens (including phenoxy) is 2. The van der Waals surface area contributed by atoms with E-state index in [1.165, 1.54) is 19.2 Å². The van der Waals surface area contributed by atoms with Crippen LogP contribution in [0.15, 0.2) is 36.4 Å². The van der Waals surface area contributed by atoms with Crippen LogP contribution in [0.5, 0.6) is 5.75 Å². The molecule has 0 spiro atoms. The van der Waals surface area contributed by atoms with Crippen LogP contribution in [-0.4, -0.2) is 36.3 Å². The molecule has 0 amide bonds.